The molecule has 1 aromatic rings. The summed E-state index contributed by atoms with van der Waals surface area (Å²) in [6.45, 7) is 6.99. The summed E-state index contributed by atoms with van der Waals surface area (Å²) in [5, 5.41) is 3.13. The molecule has 0 spiro atoms. The molecule has 0 saturated heterocycles. The van der Waals surface area contributed by atoms with E-state index in [2.05, 4.69) is 31.0 Å². The molecule has 1 aromatic carbocycles. The second-order valence-electron chi connectivity index (χ2n) is 4.63. The number of hydrogen-bond donors (Lipinski definition) is 1. The maximum absolute atomic E-state index is 13.7. The van der Waals surface area contributed by atoms with Crippen LogP contribution >= 0.6 is 0 Å². The van der Waals surface area contributed by atoms with Gasteiger partial charge in [0.05, 0.1) is 0 Å². The highest BCUT2D eigenvalue weighted by molar-refractivity contribution is 5.31. The lowest BCUT2D eigenvalue weighted by Gasteiger charge is -2.10. The molecule has 1 N–H and O–H groups in total. The van der Waals surface area contributed by atoms with Crippen molar-refractivity contribution in [1.82, 2.24) is 5.32 Å². The summed E-state index contributed by atoms with van der Waals surface area (Å²) in [5.41, 5.74) is 0.560. The van der Waals surface area contributed by atoms with Gasteiger partial charge in [0.2, 0.25) is 0 Å². The molecule has 2 nitrogen and oxygen atoms in total. The summed E-state index contributed by atoms with van der Waals surface area (Å²) in [6.07, 6.45) is 0. The van der Waals surface area contributed by atoms with Gasteiger partial charge in [-0.1, -0.05) is 19.8 Å². The van der Waals surface area contributed by atoms with E-state index < -0.39 is 11.6 Å². The molecule has 1 rings (SSSR count). The average Bonchev–Trinajstić information content (AvgIpc) is 2.32. The van der Waals surface area contributed by atoms with Crippen LogP contribution in [-0.2, 0) is 6.54 Å². The van der Waals surface area contributed by atoms with Crippen LogP contribution in [0.25, 0.3) is 0 Å². The SMILES string of the molecule is CC#CCOc1c(F)cc(CNCC(C)C)cc1F. The van der Waals surface area contributed by atoms with Crippen molar-refractivity contribution < 1.29 is 13.5 Å². The zero-order valence-electron chi connectivity index (χ0n) is 11.5. The zero-order valence-corrected chi connectivity index (χ0v) is 11.5. The molecular weight excluding hydrogens is 248 g/mol. The Bertz CT molecular complexity index is 452. The Labute approximate surface area is 113 Å². The van der Waals surface area contributed by atoms with E-state index in [0.29, 0.717) is 18.0 Å². The normalized spacial score (nSPS) is 10.2. The van der Waals surface area contributed by atoms with Crippen LogP contribution in [0, 0.1) is 29.4 Å². The average molecular weight is 267 g/mol. The lowest BCUT2D eigenvalue weighted by atomic mass is 10.1. The molecule has 0 atom stereocenters. The van der Waals surface area contributed by atoms with Gasteiger partial charge < -0.3 is 10.1 Å². The maximum atomic E-state index is 13.7. The summed E-state index contributed by atoms with van der Waals surface area (Å²) in [7, 11) is 0. The van der Waals surface area contributed by atoms with Crippen LogP contribution < -0.4 is 10.1 Å². The molecule has 0 bridgehead atoms. The molecule has 0 heterocycles. The first-order valence-corrected chi connectivity index (χ1v) is 6.25. The number of nitrogens with one attached hydrogen (secondary N) is 1. The molecular formula is C15H19F2NO. The van der Waals surface area contributed by atoms with Crippen LogP contribution in [0.4, 0.5) is 8.78 Å². The quantitative estimate of drug-likeness (QED) is 0.800. The van der Waals surface area contributed by atoms with Gasteiger partial charge in [0.15, 0.2) is 17.4 Å². The topological polar surface area (TPSA) is 21.3 Å². The zero-order chi connectivity index (χ0) is 14.3. The second kappa shape index (κ2) is 7.75. The molecule has 0 unspecified atom stereocenters. The van der Waals surface area contributed by atoms with Gasteiger partial charge in [0.1, 0.15) is 6.61 Å². The van der Waals surface area contributed by atoms with Crippen molar-refractivity contribution in [2.75, 3.05) is 13.2 Å². The van der Waals surface area contributed by atoms with Gasteiger partial charge in [0, 0.05) is 6.54 Å². The van der Waals surface area contributed by atoms with Crippen molar-refractivity contribution in [2.45, 2.75) is 27.3 Å². The van der Waals surface area contributed by atoms with Gasteiger partial charge >= 0.3 is 0 Å². The third-order valence-electron chi connectivity index (χ3n) is 2.41. The van der Waals surface area contributed by atoms with Crippen molar-refractivity contribution >= 4 is 0 Å². The highest BCUT2D eigenvalue weighted by Crippen LogP contribution is 2.23. The van der Waals surface area contributed by atoms with Crippen molar-refractivity contribution in [2.24, 2.45) is 5.92 Å². The number of benzene rings is 1. The standard InChI is InChI=1S/C15H19F2NO/c1-4-5-6-19-15-13(16)7-12(8-14(15)17)10-18-9-11(2)3/h7-8,11,18H,6,9-10H2,1-3H3. The summed E-state index contributed by atoms with van der Waals surface area (Å²) in [5.74, 6) is 3.93. The molecule has 0 aliphatic heterocycles. The van der Waals surface area contributed by atoms with Crippen LogP contribution in [0.1, 0.15) is 26.3 Å². The van der Waals surface area contributed by atoms with Crippen molar-refractivity contribution in [1.29, 1.82) is 0 Å². The lowest BCUT2D eigenvalue weighted by molar-refractivity contribution is 0.325. The molecule has 0 aliphatic rings. The molecule has 19 heavy (non-hydrogen) atoms. The Balaban J connectivity index is 2.69. The minimum atomic E-state index is -0.695. The van der Waals surface area contributed by atoms with E-state index >= 15 is 0 Å². The molecule has 104 valence electrons. The third-order valence-corrected chi connectivity index (χ3v) is 2.41. The van der Waals surface area contributed by atoms with E-state index in [0.717, 1.165) is 6.54 Å². The molecule has 0 amide bonds. The van der Waals surface area contributed by atoms with Crippen LogP contribution in [0.5, 0.6) is 5.75 Å². The van der Waals surface area contributed by atoms with Gasteiger partial charge in [-0.15, -0.1) is 5.92 Å². The Kier molecular flexibility index (Phi) is 6.31. The monoisotopic (exact) mass is 267 g/mol. The number of halogens is 2. The third kappa shape index (κ3) is 5.27. The Morgan fingerprint density at radius 2 is 1.89 bits per heavy atom. The van der Waals surface area contributed by atoms with E-state index in [9.17, 15) is 8.78 Å². The van der Waals surface area contributed by atoms with Crippen LogP contribution in [0.15, 0.2) is 12.1 Å². The van der Waals surface area contributed by atoms with E-state index in [4.69, 9.17) is 4.74 Å². The molecule has 0 saturated carbocycles. The fraction of sp³-hybridized carbons (Fsp3) is 0.467. The first-order chi connectivity index (χ1) is 9.04. The van der Waals surface area contributed by atoms with Crippen molar-refractivity contribution in [3.8, 4) is 17.6 Å². The predicted molar refractivity (Wildman–Crippen MR) is 71.8 cm³/mol. The van der Waals surface area contributed by atoms with E-state index in [1.807, 2.05) is 0 Å². The molecule has 0 fully saturated rings. The fourth-order valence-corrected chi connectivity index (χ4v) is 1.54. The minimum Gasteiger partial charge on any atom is -0.475 e. The number of ether oxygens (including phenoxy) is 1. The maximum Gasteiger partial charge on any atom is 0.192 e. The first kappa shape index (κ1) is 15.5. The smallest absolute Gasteiger partial charge is 0.192 e. The van der Waals surface area contributed by atoms with Crippen LogP contribution in [-0.4, -0.2) is 13.2 Å². The minimum absolute atomic E-state index is 0.0186. The van der Waals surface area contributed by atoms with Crippen LogP contribution in [0.3, 0.4) is 0 Å². The fourth-order valence-electron chi connectivity index (χ4n) is 1.54. The number of hydrogen-bond acceptors (Lipinski definition) is 2. The lowest BCUT2D eigenvalue weighted by Crippen LogP contribution is -2.19. The highest BCUT2D eigenvalue weighted by Gasteiger charge is 2.12. The summed E-state index contributed by atoms with van der Waals surface area (Å²) >= 11 is 0. The highest BCUT2D eigenvalue weighted by atomic mass is 19.1. The molecule has 0 aromatic heterocycles. The van der Waals surface area contributed by atoms with Gasteiger partial charge in [0.25, 0.3) is 0 Å². The van der Waals surface area contributed by atoms with Crippen molar-refractivity contribution in [3.63, 3.8) is 0 Å². The predicted octanol–water partition coefficient (Wildman–Crippen LogP) is 3.11. The summed E-state index contributed by atoms with van der Waals surface area (Å²) in [4.78, 5) is 0. The second-order valence-corrected chi connectivity index (χ2v) is 4.63. The molecule has 0 aliphatic carbocycles. The first-order valence-electron chi connectivity index (χ1n) is 6.25. The summed E-state index contributed by atoms with van der Waals surface area (Å²) in [6, 6.07) is 2.57. The number of rotatable bonds is 6. The summed E-state index contributed by atoms with van der Waals surface area (Å²) < 4.78 is 32.3. The van der Waals surface area contributed by atoms with Gasteiger partial charge in [-0.2, -0.15) is 0 Å². The molecule has 4 heteroatoms. The largest absolute Gasteiger partial charge is 0.475 e. The van der Waals surface area contributed by atoms with E-state index in [1.54, 1.807) is 6.92 Å². The molecule has 0 radical (unpaired) electrons. The van der Waals surface area contributed by atoms with Gasteiger partial charge in [-0.3, -0.25) is 0 Å². The van der Waals surface area contributed by atoms with Crippen LogP contribution in [0.2, 0.25) is 0 Å². The van der Waals surface area contributed by atoms with Crippen molar-refractivity contribution in [3.05, 3.63) is 29.3 Å². The van der Waals surface area contributed by atoms with E-state index in [-0.39, 0.29) is 12.4 Å². The van der Waals surface area contributed by atoms with Gasteiger partial charge in [-0.05, 0) is 37.1 Å². The van der Waals surface area contributed by atoms with Gasteiger partial charge in [-0.25, -0.2) is 8.78 Å². The van der Waals surface area contributed by atoms with E-state index in [1.165, 1.54) is 12.1 Å². The Hall–Kier alpha value is -1.60. The Morgan fingerprint density at radius 3 is 2.42 bits per heavy atom. The Morgan fingerprint density at radius 1 is 1.26 bits per heavy atom.